The molecule has 2 aromatic rings. The van der Waals surface area contributed by atoms with Crippen LogP contribution in [0.3, 0.4) is 0 Å². The van der Waals surface area contributed by atoms with Crippen LogP contribution in [0.4, 0.5) is 5.82 Å². The van der Waals surface area contributed by atoms with Crippen molar-refractivity contribution >= 4 is 5.82 Å². The van der Waals surface area contributed by atoms with Gasteiger partial charge in [-0.2, -0.15) is 0 Å². The number of nitrogens with zero attached hydrogens (tertiary/aromatic N) is 4. The molecule has 1 unspecified atom stereocenters. The molecule has 1 atom stereocenters. The van der Waals surface area contributed by atoms with Gasteiger partial charge in [0, 0.05) is 37.7 Å². The molecular formula is C22H29N5O. The molecule has 4 rings (SSSR count). The minimum absolute atomic E-state index is 0.621. The highest BCUT2D eigenvalue weighted by Gasteiger charge is 2.30. The molecule has 1 aromatic heterocycles. The van der Waals surface area contributed by atoms with E-state index in [0.29, 0.717) is 12.5 Å². The molecule has 28 heavy (non-hydrogen) atoms. The number of ether oxygens (including phenoxy) is 1. The summed E-state index contributed by atoms with van der Waals surface area (Å²) in [7, 11) is 0. The number of benzene rings is 1. The van der Waals surface area contributed by atoms with E-state index in [1.54, 1.807) is 0 Å². The van der Waals surface area contributed by atoms with Crippen molar-refractivity contribution in [1.82, 2.24) is 20.4 Å². The number of rotatable bonds is 8. The lowest BCUT2D eigenvalue weighted by Crippen LogP contribution is -2.27. The van der Waals surface area contributed by atoms with E-state index in [1.807, 2.05) is 24.3 Å². The second-order valence-electron chi connectivity index (χ2n) is 7.38. The Bertz CT molecular complexity index is 799. The average molecular weight is 380 g/mol. The maximum Gasteiger partial charge on any atom is 0.151 e. The minimum Gasteiger partial charge on any atom is -0.492 e. The summed E-state index contributed by atoms with van der Waals surface area (Å²) >= 11 is 0. The van der Waals surface area contributed by atoms with Gasteiger partial charge in [0.25, 0.3) is 0 Å². The molecule has 0 spiro atoms. The Kier molecular flexibility index (Phi) is 5.76. The molecule has 6 heteroatoms. The Balaban J connectivity index is 1.34. The fourth-order valence-corrected chi connectivity index (χ4v) is 3.87. The fourth-order valence-electron chi connectivity index (χ4n) is 3.87. The lowest BCUT2D eigenvalue weighted by molar-refractivity contribution is 0.223. The largest absolute Gasteiger partial charge is 0.492 e. The predicted octanol–water partition coefficient (Wildman–Crippen LogP) is 2.79. The topological polar surface area (TPSA) is 53.5 Å². The van der Waals surface area contributed by atoms with Crippen LogP contribution >= 0.6 is 0 Å². The van der Waals surface area contributed by atoms with Crippen molar-refractivity contribution in [3.8, 4) is 17.0 Å². The van der Waals surface area contributed by atoms with Gasteiger partial charge in [0.15, 0.2) is 5.82 Å². The van der Waals surface area contributed by atoms with Gasteiger partial charge < -0.3 is 19.9 Å². The van der Waals surface area contributed by atoms with Gasteiger partial charge in [0.2, 0.25) is 0 Å². The van der Waals surface area contributed by atoms with E-state index in [9.17, 15) is 0 Å². The van der Waals surface area contributed by atoms with Gasteiger partial charge in [0.05, 0.1) is 5.69 Å². The number of hydrogen-bond acceptors (Lipinski definition) is 6. The summed E-state index contributed by atoms with van der Waals surface area (Å²) < 4.78 is 5.86. The molecule has 6 nitrogen and oxygen atoms in total. The van der Waals surface area contributed by atoms with Crippen molar-refractivity contribution < 1.29 is 4.74 Å². The molecular weight excluding hydrogens is 350 g/mol. The lowest BCUT2D eigenvalue weighted by atomic mass is 10.1. The van der Waals surface area contributed by atoms with E-state index in [2.05, 4.69) is 57.5 Å². The first-order chi connectivity index (χ1) is 13.8. The van der Waals surface area contributed by atoms with Crippen LogP contribution < -0.4 is 15.0 Å². The van der Waals surface area contributed by atoms with Gasteiger partial charge in [0.1, 0.15) is 12.4 Å². The Hall–Kier alpha value is -2.60. The first kappa shape index (κ1) is 18.7. The van der Waals surface area contributed by atoms with Gasteiger partial charge in [-0.25, -0.2) is 0 Å². The zero-order valence-electron chi connectivity index (χ0n) is 16.8. The molecule has 1 saturated heterocycles. The molecule has 3 heterocycles. The van der Waals surface area contributed by atoms with Crippen LogP contribution in [0.5, 0.6) is 5.75 Å². The van der Waals surface area contributed by atoms with E-state index >= 15 is 0 Å². The summed E-state index contributed by atoms with van der Waals surface area (Å²) in [5, 5.41) is 12.2. The van der Waals surface area contributed by atoms with Crippen LogP contribution in [-0.4, -0.2) is 61.0 Å². The van der Waals surface area contributed by atoms with Crippen molar-refractivity contribution in [2.45, 2.75) is 13.8 Å². The van der Waals surface area contributed by atoms with Gasteiger partial charge in [-0.15, -0.1) is 10.2 Å². The summed E-state index contributed by atoms with van der Waals surface area (Å²) in [5.41, 5.74) is 3.42. The van der Waals surface area contributed by atoms with Crippen molar-refractivity contribution in [1.29, 1.82) is 0 Å². The monoisotopic (exact) mass is 379 g/mol. The Labute approximate surface area is 167 Å². The molecule has 148 valence electrons. The molecule has 1 N–H and O–H groups in total. The van der Waals surface area contributed by atoms with Gasteiger partial charge >= 0.3 is 0 Å². The number of fused-ring (bicyclic) bond motifs is 1. The number of aromatic nitrogens is 2. The first-order valence-corrected chi connectivity index (χ1v) is 10.2. The standard InChI is InChI=1S/C22H29N5O/c1-3-26(4-2)11-12-28-20-7-5-17(6-8-20)21-9-10-22(25-24-21)27-15-18-13-23-14-19(18)16-27/h5-10,13,19,23H,3-4,11-12,14-16H2,1-2H3. The molecule has 2 aliphatic heterocycles. The van der Waals surface area contributed by atoms with Crippen molar-refractivity contribution in [3.05, 3.63) is 48.2 Å². The van der Waals surface area contributed by atoms with Crippen LogP contribution in [0.1, 0.15) is 13.8 Å². The zero-order chi connectivity index (χ0) is 19.3. The minimum atomic E-state index is 0.621. The third-order valence-corrected chi connectivity index (χ3v) is 5.69. The molecule has 0 amide bonds. The molecule has 1 aromatic carbocycles. The second-order valence-corrected chi connectivity index (χ2v) is 7.38. The van der Waals surface area contributed by atoms with Crippen LogP contribution in [0, 0.1) is 5.92 Å². The van der Waals surface area contributed by atoms with Crippen LogP contribution in [0.25, 0.3) is 11.3 Å². The van der Waals surface area contributed by atoms with Crippen LogP contribution in [0.2, 0.25) is 0 Å². The maximum atomic E-state index is 5.86. The number of nitrogens with one attached hydrogen (secondary N) is 1. The van der Waals surface area contributed by atoms with E-state index < -0.39 is 0 Å². The van der Waals surface area contributed by atoms with Crippen LogP contribution in [0.15, 0.2) is 48.2 Å². The highest BCUT2D eigenvalue weighted by atomic mass is 16.5. The highest BCUT2D eigenvalue weighted by molar-refractivity contribution is 5.61. The zero-order valence-corrected chi connectivity index (χ0v) is 16.8. The smallest absolute Gasteiger partial charge is 0.151 e. The second kappa shape index (κ2) is 8.61. The molecule has 0 bridgehead atoms. The first-order valence-electron chi connectivity index (χ1n) is 10.2. The number of likely N-dealkylation sites (N-methyl/N-ethyl adjacent to an activating group) is 1. The number of anilines is 1. The summed E-state index contributed by atoms with van der Waals surface area (Å²) in [6.07, 6.45) is 2.15. The fraction of sp³-hybridized carbons (Fsp3) is 0.455. The Morgan fingerprint density at radius 3 is 2.61 bits per heavy atom. The van der Waals surface area contributed by atoms with E-state index in [1.165, 1.54) is 5.57 Å². The normalized spacial score (nSPS) is 18.2. The summed E-state index contributed by atoms with van der Waals surface area (Å²) in [6, 6.07) is 12.2. The summed E-state index contributed by atoms with van der Waals surface area (Å²) in [5.74, 6) is 2.47. The highest BCUT2D eigenvalue weighted by Crippen LogP contribution is 2.29. The third kappa shape index (κ3) is 4.12. The average Bonchev–Trinajstić information content (AvgIpc) is 3.34. The van der Waals surface area contributed by atoms with Crippen molar-refractivity contribution in [3.63, 3.8) is 0 Å². The predicted molar refractivity (Wildman–Crippen MR) is 113 cm³/mol. The Morgan fingerprint density at radius 1 is 1.11 bits per heavy atom. The summed E-state index contributed by atoms with van der Waals surface area (Å²) in [6.45, 7) is 11.1. The maximum absolute atomic E-state index is 5.86. The Morgan fingerprint density at radius 2 is 1.93 bits per heavy atom. The van der Waals surface area contributed by atoms with Crippen molar-refractivity contribution in [2.75, 3.05) is 50.8 Å². The van der Waals surface area contributed by atoms with Gasteiger partial charge in [-0.1, -0.05) is 13.8 Å². The van der Waals surface area contributed by atoms with E-state index in [4.69, 9.17) is 4.74 Å². The lowest BCUT2D eigenvalue weighted by Gasteiger charge is -2.18. The van der Waals surface area contributed by atoms with E-state index in [0.717, 1.165) is 62.1 Å². The van der Waals surface area contributed by atoms with E-state index in [-0.39, 0.29) is 0 Å². The summed E-state index contributed by atoms with van der Waals surface area (Å²) in [4.78, 5) is 4.66. The molecule has 2 aliphatic rings. The molecule has 0 radical (unpaired) electrons. The molecule has 0 aliphatic carbocycles. The van der Waals surface area contributed by atoms with Crippen molar-refractivity contribution in [2.24, 2.45) is 5.92 Å². The SMILES string of the molecule is CCN(CC)CCOc1ccc(-c2ccc(N3CC4=CNCC4C3)nn2)cc1. The number of hydrogen-bond donors (Lipinski definition) is 1. The third-order valence-electron chi connectivity index (χ3n) is 5.69. The van der Waals surface area contributed by atoms with Gasteiger partial charge in [-0.3, -0.25) is 0 Å². The molecule has 0 saturated carbocycles. The molecule has 1 fully saturated rings. The van der Waals surface area contributed by atoms with Crippen LogP contribution in [-0.2, 0) is 0 Å². The van der Waals surface area contributed by atoms with Gasteiger partial charge in [-0.05, 0) is 61.3 Å². The quantitative estimate of drug-likeness (QED) is 0.761.